The molecular formula is C24H21BrN2O5S. The molecule has 1 heterocycles. The summed E-state index contributed by atoms with van der Waals surface area (Å²) in [4.78, 5) is 38.8. The maximum atomic E-state index is 12.8. The van der Waals surface area contributed by atoms with Crippen LogP contribution in [0.4, 0.5) is 10.5 Å². The number of carbonyl (C=O) groups is 3. The molecule has 3 amide bonds. The Kier molecular flexibility index (Phi) is 7.84. The summed E-state index contributed by atoms with van der Waals surface area (Å²) < 4.78 is 11.4. The van der Waals surface area contributed by atoms with Crippen LogP contribution in [-0.2, 0) is 9.59 Å². The Labute approximate surface area is 204 Å². The predicted octanol–water partition coefficient (Wildman–Crippen LogP) is 4.76. The third-order valence-electron chi connectivity index (χ3n) is 4.68. The molecule has 170 valence electrons. The van der Waals surface area contributed by atoms with Gasteiger partial charge in [0.25, 0.3) is 11.1 Å². The van der Waals surface area contributed by atoms with Crippen molar-refractivity contribution in [1.82, 2.24) is 4.90 Å². The first-order valence-electron chi connectivity index (χ1n) is 9.79. The van der Waals surface area contributed by atoms with Crippen LogP contribution in [0.25, 0.3) is 6.08 Å². The standard InChI is InChI=1S/C24H21BrN2O5S/c1-5-8-32-22-17(25)10-16(11-19(22)31-4)12-20-23(29)27(24(30)33-20)13-21(28)26-18-7-6-14(2)9-15(18)3/h1,6-7,9-12H,8,13H2,2-4H3,(H,26,28)/b20-12-. The average molecular weight is 529 g/mol. The fourth-order valence-corrected chi connectivity index (χ4v) is 4.56. The first kappa shape index (κ1) is 24.4. The second kappa shape index (κ2) is 10.6. The Morgan fingerprint density at radius 3 is 2.70 bits per heavy atom. The van der Waals surface area contributed by atoms with E-state index in [9.17, 15) is 14.4 Å². The first-order chi connectivity index (χ1) is 15.7. The molecule has 2 aromatic rings. The van der Waals surface area contributed by atoms with E-state index in [1.54, 1.807) is 24.3 Å². The Bertz CT molecular complexity index is 1200. The van der Waals surface area contributed by atoms with Crippen molar-refractivity contribution in [3.63, 3.8) is 0 Å². The van der Waals surface area contributed by atoms with Crippen LogP contribution in [-0.4, -0.2) is 42.2 Å². The zero-order chi connectivity index (χ0) is 24.1. The van der Waals surface area contributed by atoms with E-state index < -0.39 is 17.1 Å². The number of thioether (sulfide) groups is 1. The smallest absolute Gasteiger partial charge is 0.294 e. The Balaban J connectivity index is 1.76. The third-order valence-corrected chi connectivity index (χ3v) is 6.18. The van der Waals surface area contributed by atoms with Crippen LogP contribution < -0.4 is 14.8 Å². The van der Waals surface area contributed by atoms with Crippen LogP contribution in [0.15, 0.2) is 39.7 Å². The van der Waals surface area contributed by atoms with Gasteiger partial charge in [-0.2, -0.15) is 0 Å². The minimum absolute atomic E-state index is 0.0668. The van der Waals surface area contributed by atoms with Crippen molar-refractivity contribution in [2.45, 2.75) is 13.8 Å². The molecule has 0 radical (unpaired) electrons. The van der Waals surface area contributed by atoms with E-state index in [4.69, 9.17) is 15.9 Å². The minimum Gasteiger partial charge on any atom is -0.493 e. The lowest BCUT2D eigenvalue weighted by atomic mass is 10.1. The van der Waals surface area contributed by atoms with E-state index in [1.165, 1.54) is 7.11 Å². The van der Waals surface area contributed by atoms with Crippen molar-refractivity contribution in [1.29, 1.82) is 0 Å². The molecule has 9 heteroatoms. The molecule has 0 atom stereocenters. The van der Waals surface area contributed by atoms with Crippen LogP contribution >= 0.6 is 27.7 Å². The summed E-state index contributed by atoms with van der Waals surface area (Å²) in [5.41, 5.74) is 3.21. The van der Waals surface area contributed by atoms with Gasteiger partial charge in [0.05, 0.1) is 16.5 Å². The molecule has 0 aromatic heterocycles. The Morgan fingerprint density at radius 2 is 2.03 bits per heavy atom. The van der Waals surface area contributed by atoms with Gasteiger partial charge in [-0.15, -0.1) is 6.42 Å². The maximum absolute atomic E-state index is 12.8. The molecule has 0 saturated carbocycles. The molecule has 2 aromatic carbocycles. The third kappa shape index (κ3) is 5.78. The summed E-state index contributed by atoms with van der Waals surface area (Å²) in [5.74, 6) is 2.24. The average Bonchev–Trinajstić information content (AvgIpc) is 3.02. The molecule has 33 heavy (non-hydrogen) atoms. The van der Waals surface area contributed by atoms with Gasteiger partial charge in [-0.05, 0) is 76.9 Å². The molecule has 1 aliphatic rings. The van der Waals surface area contributed by atoms with Crippen LogP contribution in [0.3, 0.4) is 0 Å². The van der Waals surface area contributed by atoms with E-state index in [0.29, 0.717) is 27.2 Å². The van der Waals surface area contributed by atoms with E-state index in [1.807, 2.05) is 26.0 Å². The second-order valence-corrected chi connectivity index (χ2v) is 9.01. The van der Waals surface area contributed by atoms with E-state index in [-0.39, 0.29) is 18.1 Å². The van der Waals surface area contributed by atoms with E-state index in [0.717, 1.165) is 27.8 Å². The fourth-order valence-electron chi connectivity index (χ4n) is 3.15. The van der Waals surface area contributed by atoms with Crippen molar-refractivity contribution in [2.75, 3.05) is 25.6 Å². The zero-order valence-corrected chi connectivity index (χ0v) is 20.6. The van der Waals surface area contributed by atoms with Gasteiger partial charge in [0, 0.05) is 5.69 Å². The molecule has 7 nitrogen and oxygen atoms in total. The largest absolute Gasteiger partial charge is 0.493 e. The summed E-state index contributed by atoms with van der Waals surface area (Å²) in [7, 11) is 1.48. The molecule has 0 unspecified atom stereocenters. The molecule has 1 aliphatic heterocycles. The van der Waals surface area contributed by atoms with Gasteiger partial charge in [0.2, 0.25) is 5.91 Å². The summed E-state index contributed by atoms with van der Waals surface area (Å²) in [6, 6.07) is 8.99. The number of hydrogen-bond acceptors (Lipinski definition) is 6. The lowest BCUT2D eigenvalue weighted by Gasteiger charge is -2.14. The predicted molar refractivity (Wildman–Crippen MR) is 132 cm³/mol. The normalized spacial score (nSPS) is 14.4. The van der Waals surface area contributed by atoms with Gasteiger partial charge in [-0.25, -0.2) is 0 Å². The van der Waals surface area contributed by atoms with Gasteiger partial charge in [-0.1, -0.05) is 23.6 Å². The molecule has 1 fully saturated rings. The van der Waals surface area contributed by atoms with Crippen molar-refractivity contribution in [3.8, 4) is 23.8 Å². The monoisotopic (exact) mass is 528 g/mol. The number of hydrogen-bond donors (Lipinski definition) is 1. The number of terminal acetylenes is 1. The number of nitrogens with one attached hydrogen (secondary N) is 1. The zero-order valence-electron chi connectivity index (χ0n) is 18.2. The number of imide groups is 1. The first-order valence-corrected chi connectivity index (χ1v) is 11.4. The number of aryl methyl sites for hydroxylation is 2. The summed E-state index contributed by atoms with van der Waals surface area (Å²) >= 11 is 4.18. The van der Waals surface area contributed by atoms with Gasteiger partial charge in [-0.3, -0.25) is 19.3 Å². The summed E-state index contributed by atoms with van der Waals surface area (Å²) in [6.07, 6.45) is 6.80. The maximum Gasteiger partial charge on any atom is 0.294 e. The van der Waals surface area contributed by atoms with Gasteiger partial charge < -0.3 is 14.8 Å². The lowest BCUT2D eigenvalue weighted by Crippen LogP contribution is -2.36. The van der Waals surface area contributed by atoms with Crippen LogP contribution in [0.5, 0.6) is 11.5 Å². The van der Waals surface area contributed by atoms with Gasteiger partial charge >= 0.3 is 0 Å². The van der Waals surface area contributed by atoms with Gasteiger partial charge in [0.1, 0.15) is 13.2 Å². The highest BCUT2D eigenvalue weighted by molar-refractivity contribution is 9.10. The fraction of sp³-hybridized carbons (Fsp3) is 0.208. The second-order valence-electron chi connectivity index (χ2n) is 7.16. The number of benzene rings is 2. The van der Waals surface area contributed by atoms with Crippen LogP contribution in [0, 0.1) is 26.2 Å². The highest BCUT2D eigenvalue weighted by Gasteiger charge is 2.36. The van der Waals surface area contributed by atoms with Crippen molar-refractivity contribution < 1.29 is 23.9 Å². The SMILES string of the molecule is C#CCOc1c(Br)cc(/C=C2\SC(=O)N(CC(=O)Nc3ccc(C)cc3C)C2=O)cc1OC. The molecule has 0 aliphatic carbocycles. The minimum atomic E-state index is -0.538. The molecular weight excluding hydrogens is 508 g/mol. The number of nitrogens with zero attached hydrogens (tertiary/aromatic N) is 1. The van der Waals surface area contributed by atoms with E-state index in [2.05, 4.69) is 27.2 Å². The molecule has 1 N–H and O–H groups in total. The quantitative estimate of drug-likeness (QED) is 0.411. The van der Waals surface area contributed by atoms with Crippen LogP contribution in [0.2, 0.25) is 0 Å². The van der Waals surface area contributed by atoms with Crippen molar-refractivity contribution >= 4 is 56.5 Å². The Hall–Kier alpha value is -3.22. The molecule has 3 rings (SSSR count). The van der Waals surface area contributed by atoms with Gasteiger partial charge in [0.15, 0.2) is 11.5 Å². The summed E-state index contributed by atoms with van der Waals surface area (Å²) in [6.45, 7) is 3.52. The number of rotatable bonds is 7. The highest BCUT2D eigenvalue weighted by atomic mass is 79.9. The summed E-state index contributed by atoms with van der Waals surface area (Å²) in [5, 5.41) is 2.24. The van der Waals surface area contributed by atoms with E-state index >= 15 is 0 Å². The number of carbonyl (C=O) groups excluding carboxylic acids is 3. The number of amides is 3. The van der Waals surface area contributed by atoms with Crippen LogP contribution in [0.1, 0.15) is 16.7 Å². The topological polar surface area (TPSA) is 84.9 Å². The molecule has 1 saturated heterocycles. The van der Waals surface area contributed by atoms with Crippen molar-refractivity contribution in [3.05, 3.63) is 56.4 Å². The molecule has 0 bridgehead atoms. The number of methoxy groups -OCH3 is 1. The highest BCUT2D eigenvalue weighted by Crippen LogP contribution is 2.39. The Morgan fingerprint density at radius 1 is 1.27 bits per heavy atom. The van der Waals surface area contributed by atoms with Crippen molar-refractivity contribution in [2.24, 2.45) is 0 Å². The molecule has 0 spiro atoms. The lowest BCUT2D eigenvalue weighted by molar-refractivity contribution is -0.127. The number of halogens is 1. The number of ether oxygens (including phenoxy) is 2. The number of anilines is 1.